The van der Waals surface area contributed by atoms with Crippen molar-refractivity contribution < 1.29 is 34.7 Å². The van der Waals surface area contributed by atoms with Gasteiger partial charge in [0.1, 0.15) is 5.75 Å². The molecule has 12 heteroatoms. The van der Waals surface area contributed by atoms with E-state index in [4.69, 9.17) is 4.74 Å². The number of sulfonamides is 2. The van der Waals surface area contributed by atoms with Crippen LogP contribution in [-0.4, -0.2) is 58.7 Å². The summed E-state index contributed by atoms with van der Waals surface area (Å²) < 4.78 is 96.8. The van der Waals surface area contributed by atoms with Crippen molar-refractivity contribution in [2.24, 2.45) is 0 Å². The molecule has 1 aliphatic rings. The molecule has 1 saturated heterocycles. The van der Waals surface area contributed by atoms with Gasteiger partial charge in [-0.25, -0.2) is 16.8 Å². The molecule has 170 valence electrons. The molecule has 0 atom stereocenters. The van der Waals surface area contributed by atoms with E-state index in [1.54, 1.807) is 0 Å². The van der Waals surface area contributed by atoms with E-state index in [2.05, 4.69) is 0 Å². The molecule has 0 bridgehead atoms. The van der Waals surface area contributed by atoms with E-state index < -0.39 is 37.5 Å². The van der Waals surface area contributed by atoms with Crippen LogP contribution in [0.5, 0.6) is 5.75 Å². The third-order valence-electron chi connectivity index (χ3n) is 4.89. The van der Waals surface area contributed by atoms with Crippen LogP contribution >= 0.6 is 0 Å². The summed E-state index contributed by atoms with van der Waals surface area (Å²) in [6.45, 7) is -0.292. The minimum Gasteiger partial charge on any atom is -0.497 e. The molecule has 7 nitrogen and oxygen atoms in total. The van der Waals surface area contributed by atoms with Gasteiger partial charge in [0.25, 0.3) is 0 Å². The highest BCUT2D eigenvalue weighted by atomic mass is 32.2. The number of piperazine rings is 1. The molecule has 2 aromatic carbocycles. The second-order valence-electron chi connectivity index (χ2n) is 6.93. The topological polar surface area (TPSA) is 84.0 Å². The first-order valence-electron chi connectivity index (χ1n) is 9.22. The summed E-state index contributed by atoms with van der Waals surface area (Å²) >= 11 is 0. The molecular weight excluding hydrogens is 457 g/mol. The highest BCUT2D eigenvalue weighted by molar-refractivity contribution is 7.89. The summed E-state index contributed by atoms with van der Waals surface area (Å²) in [6, 6.07) is 10.0. The number of ether oxygens (including phenoxy) is 1. The zero-order valence-electron chi connectivity index (χ0n) is 16.5. The first kappa shape index (κ1) is 23.5. The lowest BCUT2D eigenvalue weighted by atomic mass is 10.1. The first-order chi connectivity index (χ1) is 14.4. The molecule has 0 spiro atoms. The fraction of sp³-hybridized carbons (Fsp3) is 0.368. The highest BCUT2D eigenvalue weighted by Gasteiger charge is 2.34. The van der Waals surface area contributed by atoms with Gasteiger partial charge in [-0.05, 0) is 35.9 Å². The molecule has 0 amide bonds. The minimum absolute atomic E-state index is 0.0168. The highest BCUT2D eigenvalue weighted by Crippen LogP contribution is 2.30. The molecule has 3 rings (SSSR count). The number of rotatable bonds is 6. The van der Waals surface area contributed by atoms with Crippen molar-refractivity contribution in [1.82, 2.24) is 8.61 Å². The van der Waals surface area contributed by atoms with Crippen LogP contribution in [0.25, 0.3) is 0 Å². The SMILES string of the molecule is COc1ccc(S(=O)(=O)N2CCN(S(=O)(=O)Cc3cccc(C(F)(F)F)c3)CC2)cc1. The van der Waals surface area contributed by atoms with Crippen molar-refractivity contribution in [3.63, 3.8) is 0 Å². The zero-order valence-corrected chi connectivity index (χ0v) is 18.2. The maximum Gasteiger partial charge on any atom is 0.416 e. The van der Waals surface area contributed by atoms with E-state index >= 15 is 0 Å². The van der Waals surface area contributed by atoms with E-state index in [0.29, 0.717) is 5.75 Å². The average Bonchev–Trinajstić information content (AvgIpc) is 2.73. The van der Waals surface area contributed by atoms with Gasteiger partial charge in [0, 0.05) is 26.2 Å². The Morgan fingerprint density at radius 1 is 0.903 bits per heavy atom. The number of benzene rings is 2. The third kappa shape index (κ3) is 5.37. The Kier molecular flexibility index (Phi) is 6.65. The van der Waals surface area contributed by atoms with Gasteiger partial charge in [0.15, 0.2) is 0 Å². The van der Waals surface area contributed by atoms with Crippen LogP contribution in [0, 0.1) is 0 Å². The van der Waals surface area contributed by atoms with Crippen LogP contribution < -0.4 is 4.74 Å². The van der Waals surface area contributed by atoms with Crippen LogP contribution in [-0.2, 0) is 32.0 Å². The van der Waals surface area contributed by atoms with Gasteiger partial charge in [-0.3, -0.25) is 0 Å². The van der Waals surface area contributed by atoms with Gasteiger partial charge in [-0.15, -0.1) is 0 Å². The third-order valence-corrected chi connectivity index (χ3v) is 8.65. The number of hydrogen-bond donors (Lipinski definition) is 0. The standard InChI is InChI=1S/C19H21F3N2O5S2/c1-29-17-5-7-18(8-6-17)31(27,28)24-11-9-23(10-12-24)30(25,26)14-15-3-2-4-16(13-15)19(20,21)22/h2-8,13H,9-12,14H2,1H3. The Labute approximate surface area is 179 Å². The predicted molar refractivity (Wildman–Crippen MR) is 107 cm³/mol. The monoisotopic (exact) mass is 478 g/mol. The fourth-order valence-electron chi connectivity index (χ4n) is 3.22. The molecule has 0 unspecified atom stereocenters. The Morgan fingerprint density at radius 3 is 2.03 bits per heavy atom. The van der Waals surface area contributed by atoms with E-state index in [1.165, 1.54) is 41.7 Å². The van der Waals surface area contributed by atoms with Crippen LogP contribution in [0.3, 0.4) is 0 Å². The van der Waals surface area contributed by atoms with Crippen LogP contribution in [0.4, 0.5) is 13.2 Å². The Bertz CT molecular complexity index is 1130. The largest absolute Gasteiger partial charge is 0.497 e. The van der Waals surface area contributed by atoms with Crippen LogP contribution in [0.15, 0.2) is 53.4 Å². The lowest BCUT2D eigenvalue weighted by Gasteiger charge is -2.33. The van der Waals surface area contributed by atoms with Gasteiger partial charge in [0.05, 0.1) is 23.3 Å². The van der Waals surface area contributed by atoms with Crippen molar-refractivity contribution in [2.75, 3.05) is 33.3 Å². The molecule has 0 saturated carbocycles. The quantitative estimate of drug-likeness (QED) is 0.637. The van der Waals surface area contributed by atoms with Gasteiger partial charge in [0.2, 0.25) is 20.0 Å². The minimum atomic E-state index is -4.57. The lowest BCUT2D eigenvalue weighted by molar-refractivity contribution is -0.137. The summed E-state index contributed by atoms with van der Waals surface area (Å²) in [5, 5.41) is 0. The molecule has 1 aliphatic heterocycles. The zero-order chi connectivity index (χ0) is 22.9. The first-order valence-corrected chi connectivity index (χ1v) is 12.3. The molecule has 0 aromatic heterocycles. The summed E-state index contributed by atoms with van der Waals surface area (Å²) in [7, 11) is -6.26. The van der Waals surface area contributed by atoms with E-state index in [9.17, 15) is 30.0 Å². The summed E-state index contributed by atoms with van der Waals surface area (Å²) in [5.41, 5.74) is -0.904. The lowest BCUT2D eigenvalue weighted by Crippen LogP contribution is -2.50. The van der Waals surface area contributed by atoms with E-state index in [1.807, 2.05) is 0 Å². The van der Waals surface area contributed by atoms with Crippen LogP contribution in [0.2, 0.25) is 0 Å². The van der Waals surface area contributed by atoms with Crippen molar-refractivity contribution in [3.8, 4) is 5.75 Å². The number of halogens is 3. The van der Waals surface area contributed by atoms with Crippen LogP contribution in [0.1, 0.15) is 11.1 Å². The molecule has 1 fully saturated rings. The Morgan fingerprint density at radius 2 is 1.48 bits per heavy atom. The van der Waals surface area contributed by atoms with Crippen molar-refractivity contribution in [2.45, 2.75) is 16.8 Å². The normalized spacial score (nSPS) is 16.9. The molecular formula is C19H21F3N2O5S2. The second kappa shape index (κ2) is 8.77. The molecule has 0 radical (unpaired) electrons. The van der Waals surface area contributed by atoms with Gasteiger partial charge in [-0.1, -0.05) is 18.2 Å². The molecule has 0 N–H and O–H groups in total. The molecule has 1 heterocycles. The van der Waals surface area contributed by atoms with Gasteiger partial charge >= 0.3 is 6.18 Å². The summed E-state index contributed by atoms with van der Waals surface area (Å²) in [6.07, 6.45) is -4.57. The van der Waals surface area contributed by atoms with E-state index in [0.717, 1.165) is 22.5 Å². The molecule has 0 aliphatic carbocycles. The maximum atomic E-state index is 12.9. The van der Waals surface area contributed by atoms with Gasteiger partial charge in [-0.2, -0.15) is 21.8 Å². The molecule has 2 aromatic rings. The smallest absolute Gasteiger partial charge is 0.416 e. The molecule has 31 heavy (non-hydrogen) atoms. The number of hydrogen-bond acceptors (Lipinski definition) is 5. The average molecular weight is 479 g/mol. The second-order valence-corrected chi connectivity index (χ2v) is 10.8. The summed E-state index contributed by atoms with van der Waals surface area (Å²) in [4.78, 5) is 0.0635. The van der Waals surface area contributed by atoms with Crippen molar-refractivity contribution >= 4 is 20.0 Å². The Hall–Kier alpha value is -2.15. The fourth-order valence-corrected chi connectivity index (χ4v) is 6.15. The maximum absolute atomic E-state index is 12.9. The predicted octanol–water partition coefficient (Wildman–Crippen LogP) is 2.55. The van der Waals surface area contributed by atoms with Crippen molar-refractivity contribution in [1.29, 1.82) is 0 Å². The van der Waals surface area contributed by atoms with Gasteiger partial charge < -0.3 is 4.74 Å². The Balaban J connectivity index is 1.68. The number of nitrogens with zero attached hydrogens (tertiary/aromatic N) is 2. The summed E-state index contributed by atoms with van der Waals surface area (Å²) in [5.74, 6) is -0.0910. The van der Waals surface area contributed by atoms with E-state index in [-0.39, 0.29) is 36.6 Å². The van der Waals surface area contributed by atoms with Crippen molar-refractivity contribution in [3.05, 3.63) is 59.7 Å². The number of methoxy groups -OCH3 is 1. The number of alkyl halides is 3.